The van der Waals surface area contributed by atoms with Gasteiger partial charge in [-0.3, -0.25) is 24.5 Å². The van der Waals surface area contributed by atoms with Crippen LogP contribution in [0.15, 0.2) is 60.3 Å². The highest BCUT2D eigenvalue weighted by Gasteiger charge is 2.20. The fourth-order valence-electron chi connectivity index (χ4n) is 2.17. The summed E-state index contributed by atoms with van der Waals surface area (Å²) in [6, 6.07) is 12.3. The lowest BCUT2D eigenvalue weighted by Gasteiger charge is -2.13. The van der Waals surface area contributed by atoms with Gasteiger partial charge in [0.1, 0.15) is 11.7 Å². The van der Waals surface area contributed by atoms with Gasteiger partial charge in [-0.15, -0.1) is 0 Å². The number of amides is 2. The van der Waals surface area contributed by atoms with E-state index in [4.69, 9.17) is 5.11 Å². The molecule has 0 spiro atoms. The second-order valence-corrected chi connectivity index (χ2v) is 5.76. The van der Waals surface area contributed by atoms with E-state index >= 15 is 0 Å². The second kappa shape index (κ2) is 9.08. The molecule has 144 valence electrons. The van der Waals surface area contributed by atoms with Gasteiger partial charge in [-0.05, 0) is 30.7 Å². The molecule has 0 bridgehead atoms. The van der Waals surface area contributed by atoms with E-state index in [1.165, 1.54) is 49.4 Å². The van der Waals surface area contributed by atoms with E-state index in [1.807, 2.05) is 0 Å². The Hall–Kier alpha value is -4.01. The topological polar surface area (TPSA) is 139 Å². The van der Waals surface area contributed by atoms with Crippen LogP contribution in [0.3, 0.4) is 0 Å². The summed E-state index contributed by atoms with van der Waals surface area (Å²) in [5.74, 6) is -2.68. The van der Waals surface area contributed by atoms with Crippen LogP contribution in [0.4, 0.5) is 5.69 Å². The van der Waals surface area contributed by atoms with E-state index in [2.05, 4.69) is 10.6 Å². The number of carbonyl (C=O) groups excluding carboxylic acids is 2. The summed E-state index contributed by atoms with van der Waals surface area (Å²) in [7, 11) is 0. The molecule has 2 aromatic carbocycles. The number of nitro benzene ring substituents is 1. The third-order valence-corrected chi connectivity index (χ3v) is 3.64. The normalized spacial score (nSPS) is 12.0. The number of nitrogens with zero attached hydrogens (tertiary/aromatic N) is 1. The van der Waals surface area contributed by atoms with Gasteiger partial charge in [-0.2, -0.15) is 0 Å². The molecule has 0 aliphatic carbocycles. The maximum Gasteiger partial charge on any atom is 0.325 e. The van der Waals surface area contributed by atoms with E-state index in [1.54, 1.807) is 18.2 Å². The van der Waals surface area contributed by atoms with Crippen LogP contribution in [0.5, 0.6) is 0 Å². The number of rotatable bonds is 7. The molecule has 3 N–H and O–H groups in total. The van der Waals surface area contributed by atoms with E-state index in [-0.39, 0.29) is 22.5 Å². The van der Waals surface area contributed by atoms with E-state index in [9.17, 15) is 24.5 Å². The Balaban J connectivity index is 2.36. The lowest BCUT2D eigenvalue weighted by molar-refractivity contribution is -0.384. The van der Waals surface area contributed by atoms with Gasteiger partial charge in [0.25, 0.3) is 17.5 Å². The van der Waals surface area contributed by atoms with Crippen molar-refractivity contribution in [3.8, 4) is 0 Å². The Bertz CT molecular complexity index is 940. The van der Waals surface area contributed by atoms with E-state index in [0.29, 0.717) is 0 Å². The minimum Gasteiger partial charge on any atom is -0.480 e. The van der Waals surface area contributed by atoms with Crippen molar-refractivity contribution in [2.45, 2.75) is 13.0 Å². The molecule has 9 nitrogen and oxygen atoms in total. The summed E-state index contributed by atoms with van der Waals surface area (Å²) >= 11 is 0. The Labute approximate surface area is 159 Å². The number of non-ortho nitro benzene ring substituents is 1. The first-order valence-electron chi connectivity index (χ1n) is 8.14. The summed E-state index contributed by atoms with van der Waals surface area (Å²) in [6.45, 7) is 1.27. The smallest absolute Gasteiger partial charge is 0.325 e. The Morgan fingerprint density at radius 2 is 1.79 bits per heavy atom. The molecule has 0 aromatic heterocycles. The molecule has 0 heterocycles. The predicted octanol–water partition coefficient (Wildman–Crippen LogP) is 1.96. The van der Waals surface area contributed by atoms with Crippen molar-refractivity contribution in [3.05, 3.63) is 81.5 Å². The predicted molar refractivity (Wildman–Crippen MR) is 100 cm³/mol. The third kappa shape index (κ3) is 5.49. The largest absolute Gasteiger partial charge is 0.480 e. The van der Waals surface area contributed by atoms with Gasteiger partial charge in [-0.1, -0.05) is 30.3 Å². The quantitative estimate of drug-likeness (QED) is 0.379. The molecule has 2 rings (SSSR count). The van der Waals surface area contributed by atoms with Crippen LogP contribution in [-0.2, 0) is 9.59 Å². The first-order chi connectivity index (χ1) is 13.3. The first kappa shape index (κ1) is 20.3. The van der Waals surface area contributed by atoms with Crippen LogP contribution >= 0.6 is 0 Å². The average Bonchev–Trinajstić information content (AvgIpc) is 2.68. The third-order valence-electron chi connectivity index (χ3n) is 3.64. The van der Waals surface area contributed by atoms with E-state index in [0.717, 1.165) is 0 Å². The van der Waals surface area contributed by atoms with Crippen LogP contribution in [-0.4, -0.2) is 33.9 Å². The summed E-state index contributed by atoms with van der Waals surface area (Å²) in [5.41, 5.74) is 0.131. The fourth-order valence-corrected chi connectivity index (χ4v) is 2.17. The van der Waals surface area contributed by atoms with Gasteiger partial charge in [-0.25, -0.2) is 0 Å². The number of hydrogen-bond donors (Lipinski definition) is 3. The molecule has 0 aliphatic rings. The molecule has 28 heavy (non-hydrogen) atoms. The standard InChI is InChI=1S/C19H17N3O6/c1-12(19(25)26)20-18(24)16(21-17(23)14-7-3-2-4-8-14)11-13-6-5-9-15(10-13)22(27)28/h2-12H,1H3,(H,20,24)(H,21,23)(H,25,26)/b16-11+. The number of aliphatic carboxylic acids is 1. The molecular formula is C19H17N3O6. The zero-order valence-electron chi connectivity index (χ0n) is 14.8. The zero-order valence-corrected chi connectivity index (χ0v) is 14.8. The van der Waals surface area contributed by atoms with E-state index < -0.39 is 28.7 Å². The SMILES string of the molecule is CC(NC(=O)/C(=C\c1cccc([N+](=O)[O-])c1)NC(=O)c1ccccc1)C(=O)O. The molecule has 2 amide bonds. The van der Waals surface area contributed by atoms with Crippen LogP contribution in [0.25, 0.3) is 6.08 Å². The summed E-state index contributed by atoms with van der Waals surface area (Å²) < 4.78 is 0. The highest BCUT2D eigenvalue weighted by atomic mass is 16.6. The summed E-state index contributed by atoms with van der Waals surface area (Å²) in [5, 5.41) is 24.6. The molecule has 0 aliphatic heterocycles. The molecule has 0 saturated heterocycles. The van der Waals surface area contributed by atoms with Gasteiger partial charge in [0.05, 0.1) is 4.92 Å². The number of hydrogen-bond acceptors (Lipinski definition) is 5. The van der Waals surface area contributed by atoms with Crippen LogP contribution < -0.4 is 10.6 Å². The Morgan fingerprint density at radius 1 is 1.11 bits per heavy atom. The lowest BCUT2D eigenvalue weighted by Crippen LogP contribution is -2.42. The summed E-state index contributed by atoms with van der Waals surface area (Å²) in [6.07, 6.45) is 1.23. The van der Waals surface area contributed by atoms with Crippen LogP contribution in [0.1, 0.15) is 22.8 Å². The number of carbonyl (C=O) groups is 3. The number of carboxylic acid groups (broad SMARTS) is 1. The molecular weight excluding hydrogens is 366 g/mol. The average molecular weight is 383 g/mol. The molecule has 2 aromatic rings. The maximum atomic E-state index is 12.5. The fraction of sp³-hybridized carbons (Fsp3) is 0.105. The monoisotopic (exact) mass is 383 g/mol. The molecule has 0 fully saturated rings. The van der Waals surface area contributed by atoms with Crippen molar-refractivity contribution in [1.29, 1.82) is 0 Å². The number of carboxylic acids is 1. The Morgan fingerprint density at radius 3 is 2.39 bits per heavy atom. The minimum atomic E-state index is -1.25. The van der Waals surface area contributed by atoms with Crippen molar-refractivity contribution in [3.63, 3.8) is 0 Å². The Kier molecular flexibility index (Phi) is 6.58. The highest BCUT2D eigenvalue weighted by Crippen LogP contribution is 2.15. The van der Waals surface area contributed by atoms with Gasteiger partial charge < -0.3 is 15.7 Å². The first-order valence-corrected chi connectivity index (χ1v) is 8.14. The van der Waals surface area contributed by atoms with Gasteiger partial charge in [0, 0.05) is 17.7 Å². The number of benzene rings is 2. The van der Waals surface area contributed by atoms with Crippen LogP contribution in [0, 0.1) is 10.1 Å². The molecule has 1 atom stereocenters. The molecule has 9 heteroatoms. The number of nitro groups is 1. The summed E-state index contributed by atoms with van der Waals surface area (Å²) in [4.78, 5) is 46.2. The van der Waals surface area contributed by atoms with Crippen LogP contribution in [0.2, 0.25) is 0 Å². The molecule has 1 unspecified atom stereocenters. The second-order valence-electron chi connectivity index (χ2n) is 5.76. The van der Waals surface area contributed by atoms with Crippen molar-refractivity contribution in [1.82, 2.24) is 10.6 Å². The van der Waals surface area contributed by atoms with Gasteiger partial charge in [0.15, 0.2) is 0 Å². The molecule has 0 saturated carbocycles. The van der Waals surface area contributed by atoms with Gasteiger partial charge >= 0.3 is 5.97 Å². The minimum absolute atomic E-state index is 0.193. The van der Waals surface area contributed by atoms with Gasteiger partial charge in [0.2, 0.25) is 0 Å². The van der Waals surface area contributed by atoms with Crippen molar-refractivity contribution >= 4 is 29.5 Å². The van der Waals surface area contributed by atoms with Crippen molar-refractivity contribution in [2.24, 2.45) is 0 Å². The zero-order chi connectivity index (χ0) is 20.7. The number of nitrogens with one attached hydrogen (secondary N) is 2. The lowest BCUT2D eigenvalue weighted by atomic mass is 10.1. The highest BCUT2D eigenvalue weighted by molar-refractivity contribution is 6.06. The van der Waals surface area contributed by atoms with Crippen molar-refractivity contribution < 1.29 is 24.4 Å². The van der Waals surface area contributed by atoms with Crippen molar-refractivity contribution in [2.75, 3.05) is 0 Å². The molecule has 0 radical (unpaired) electrons. The maximum absolute atomic E-state index is 12.5.